The number of rotatable bonds is 6. The van der Waals surface area contributed by atoms with E-state index < -0.39 is 0 Å². The zero-order valence-corrected chi connectivity index (χ0v) is 21.1. The van der Waals surface area contributed by atoms with Gasteiger partial charge in [0.1, 0.15) is 0 Å². The SMILES string of the molecule is CN=C(NSc1ccccc1)NC(C)c1cnc(-c2ccc(Cl)cc2)c(-c2ccc(Cl)cc2)c1. The summed E-state index contributed by atoms with van der Waals surface area (Å²) in [5.41, 5.74) is 4.98. The molecule has 3 aromatic carbocycles. The van der Waals surface area contributed by atoms with Crippen molar-refractivity contribution >= 4 is 41.1 Å². The molecule has 0 spiro atoms. The lowest BCUT2D eigenvalue weighted by Gasteiger charge is -2.19. The molecule has 1 aromatic heterocycles. The van der Waals surface area contributed by atoms with Gasteiger partial charge in [-0.05, 0) is 72.5 Å². The molecule has 4 aromatic rings. The van der Waals surface area contributed by atoms with Gasteiger partial charge in [0.2, 0.25) is 5.96 Å². The lowest BCUT2D eigenvalue weighted by atomic mass is 9.96. The van der Waals surface area contributed by atoms with E-state index in [-0.39, 0.29) is 6.04 Å². The van der Waals surface area contributed by atoms with Crippen molar-refractivity contribution in [1.82, 2.24) is 15.0 Å². The van der Waals surface area contributed by atoms with Crippen molar-refractivity contribution in [3.8, 4) is 22.4 Å². The molecule has 7 heteroatoms. The van der Waals surface area contributed by atoms with Gasteiger partial charge in [0.15, 0.2) is 0 Å². The van der Waals surface area contributed by atoms with Gasteiger partial charge in [-0.15, -0.1) is 0 Å². The third-order valence-electron chi connectivity index (χ3n) is 5.27. The van der Waals surface area contributed by atoms with Crippen molar-refractivity contribution in [2.45, 2.75) is 17.9 Å². The highest BCUT2D eigenvalue weighted by Gasteiger charge is 2.15. The fraction of sp³-hybridized carbons (Fsp3) is 0.111. The van der Waals surface area contributed by atoms with E-state index in [1.54, 1.807) is 7.05 Å². The Hall–Kier alpha value is -2.99. The van der Waals surface area contributed by atoms with E-state index in [0.717, 1.165) is 32.8 Å². The predicted octanol–water partition coefficient (Wildman–Crippen LogP) is 7.66. The van der Waals surface area contributed by atoms with Crippen LogP contribution in [0.25, 0.3) is 22.4 Å². The van der Waals surface area contributed by atoms with Gasteiger partial charge >= 0.3 is 0 Å². The van der Waals surface area contributed by atoms with Crippen LogP contribution in [0.3, 0.4) is 0 Å². The minimum Gasteiger partial charge on any atom is -0.349 e. The topological polar surface area (TPSA) is 49.3 Å². The molecule has 0 bridgehead atoms. The Morgan fingerprint density at radius 2 is 1.50 bits per heavy atom. The smallest absolute Gasteiger partial charge is 0.201 e. The van der Waals surface area contributed by atoms with Crippen LogP contribution in [0.1, 0.15) is 18.5 Å². The van der Waals surface area contributed by atoms with Crippen molar-refractivity contribution in [3.05, 3.63) is 107 Å². The Morgan fingerprint density at radius 1 is 0.882 bits per heavy atom. The molecule has 1 heterocycles. The molecule has 4 nitrogen and oxygen atoms in total. The fourth-order valence-electron chi connectivity index (χ4n) is 3.43. The maximum Gasteiger partial charge on any atom is 0.201 e. The number of pyridine rings is 1. The number of benzene rings is 3. The van der Waals surface area contributed by atoms with Crippen molar-refractivity contribution in [2.75, 3.05) is 7.05 Å². The standard InChI is InChI=1S/C27H24Cl2N4S/c1-18(32-27(30-2)33-34-24-6-4-3-5-7-24)21-16-25(19-8-12-22(28)13-9-19)26(31-17-21)20-10-14-23(29)15-11-20/h3-18H,1-2H3,(H2,30,32,33). The Balaban J connectivity index is 1.60. The zero-order valence-electron chi connectivity index (χ0n) is 18.8. The average molecular weight is 507 g/mol. The molecule has 172 valence electrons. The molecule has 2 N–H and O–H groups in total. The van der Waals surface area contributed by atoms with Gasteiger partial charge in [-0.3, -0.25) is 14.7 Å². The van der Waals surface area contributed by atoms with Crippen LogP contribution in [0.2, 0.25) is 10.0 Å². The third kappa shape index (κ3) is 6.11. The molecule has 0 fully saturated rings. The number of guanidine groups is 1. The predicted molar refractivity (Wildman–Crippen MR) is 145 cm³/mol. The molecule has 0 saturated heterocycles. The Labute approximate surface area is 214 Å². The third-order valence-corrected chi connectivity index (χ3v) is 6.57. The van der Waals surface area contributed by atoms with E-state index in [0.29, 0.717) is 16.0 Å². The number of aliphatic imine (C=N–C) groups is 1. The molecular formula is C27H24Cl2N4S. The molecule has 1 unspecified atom stereocenters. The highest BCUT2D eigenvalue weighted by molar-refractivity contribution is 7.98. The van der Waals surface area contributed by atoms with Crippen molar-refractivity contribution in [3.63, 3.8) is 0 Å². The van der Waals surface area contributed by atoms with E-state index >= 15 is 0 Å². The number of nitrogens with zero attached hydrogens (tertiary/aromatic N) is 2. The summed E-state index contributed by atoms with van der Waals surface area (Å²) in [7, 11) is 1.76. The fourth-order valence-corrected chi connectivity index (χ4v) is 4.34. The summed E-state index contributed by atoms with van der Waals surface area (Å²) in [6.45, 7) is 2.09. The molecule has 0 radical (unpaired) electrons. The normalized spacial score (nSPS) is 12.3. The zero-order chi connectivity index (χ0) is 23.9. The summed E-state index contributed by atoms with van der Waals surface area (Å²) in [4.78, 5) is 10.3. The number of hydrogen-bond acceptors (Lipinski definition) is 3. The average Bonchev–Trinajstić information content (AvgIpc) is 2.87. The van der Waals surface area contributed by atoms with Gasteiger partial charge in [-0.1, -0.05) is 65.7 Å². The van der Waals surface area contributed by atoms with E-state index in [4.69, 9.17) is 28.2 Å². The number of hydrogen-bond donors (Lipinski definition) is 2. The second-order valence-corrected chi connectivity index (χ2v) is 9.39. The first-order valence-electron chi connectivity index (χ1n) is 10.8. The Bertz CT molecular complexity index is 1260. The minimum atomic E-state index is -0.0274. The lowest BCUT2D eigenvalue weighted by molar-refractivity contribution is 0.704. The second-order valence-electron chi connectivity index (χ2n) is 7.63. The van der Waals surface area contributed by atoms with Gasteiger partial charge < -0.3 is 5.32 Å². The maximum atomic E-state index is 6.14. The molecule has 1 atom stereocenters. The maximum absolute atomic E-state index is 6.14. The summed E-state index contributed by atoms with van der Waals surface area (Å²) in [6, 6.07) is 27.8. The van der Waals surface area contributed by atoms with Gasteiger partial charge in [-0.2, -0.15) is 0 Å². The molecule has 0 saturated carbocycles. The van der Waals surface area contributed by atoms with Crippen LogP contribution in [0.15, 0.2) is 101 Å². The molecule has 0 aliphatic heterocycles. The van der Waals surface area contributed by atoms with Gasteiger partial charge in [-0.25, -0.2) is 0 Å². The molecule has 0 aliphatic rings. The van der Waals surface area contributed by atoms with Crippen molar-refractivity contribution in [1.29, 1.82) is 0 Å². The Kier molecular flexibility index (Phi) is 8.12. The van der Waals surface area contributed by atoms with E-state index in [9.17, 15) is 0 Å². The highest BCUT2D eigenvalue weighted by Crippen LogP contribution is 2.33. The summed E-state index contributed by atoms with van der Waals surface area (Å²) in [5, 5.41) is 4.84. The van der Waals surface area contributed by atoms with Crippen LogP contribution in [0, 0.1) is 0 Å². The monoisotopic (exact) mass is 506 g/mol. The summed E-state index contributed by atoms with van der Waals surface area (Å²) < 4.78 is 3.29. The van der Waals surface area contributed by atoms with Crippen molar-refractivity contribution < 1.29 is 0 Å². The first-order valence-corrected chi connectivity index (χ1v) is 12.3. The molecule has 34 heavy (non-hydrogen) atoms. The molecule has 0 amide bonds. The number of nitrogens with one attached hydrogen (secondary N) is 2. The highest BCUT2D eigenvalue weighted by atomic mass is 35.5. The molecule has 0 aliphatic carbocycles. The van der Waals surface area contributed by atoms with Gasteiger partial charge in [0, 0.05) is 39.3 Å². The molecule has 4 rings (SSSR count). The van der Waals surface area contributed by atoms with Gasteiger partial charge in [0.05, 0.1) is 11.7 Å². The van der Waals surface area contributed by atoms with Crippen LogP contribution in [-0.2, 0) is 0 Å². The minimum absolute atomic E-state index is 0.0274. The second kappa shape index (κ2) is 11.4. The summed E-state index contributed by atoms with van der Waals surface area (Å²) in [5.74, 6) is 0.691. The van der Waals surface area contributed by atoms with Crippen LogP contribution in [-0.4, -0.2) is 18.0 Å². The summed E-state index contributed by atoms with van der Waals surface area (Å²) in [6.07, 6.45) is 1.90. The number of halogens is 2. The van der Waals surface area contributed by atoms with E-state index in [1.807, 2.05) is 85.1 Å². The quantitative estimate of drug-likeness (QED) is 0.160. The van der Waals surface area contributed by atoms with Crippen LogP contribution < -0.4 is 10.0 Å². The lowest BCUT2D eigenvalue weighted by Crippen LogP contribution is -2.35. The first-order chi connectivity index (χ1) is 16.5. The first kappa shape index (κ1) is 24.1. The van der Waals surface area contributed by atoms with Crippen LogP contribution >= 0.6 is 35.1 Å². The summed E-state index contributed by atoms with van der Waals surface area (Å²) >= 11 is 13.8. The van der Waals surface area contributed by atoms with Crippen molar-refractivity contribution in [2.24, 2.45) is 4.99 Å². The van der Waals surface area contributed by atoms with Crippen LogP contribution in [0.5, 0.6) is 0 Å². The number of aromatic nitrogens is 1. The molecular weight excluding hydrogens is 483 g/mol. The largest absolute Gasteiger partial charge is 0.349 e. The van der Waals surface area contributed by atoms with E-state index in [2.05, 4.69) is 28.0 Å². The Morgan fingerprint density at radius 3 is 2.12 bits per heavy atom. The van der Waals surface area contributed by atoms with Crippen LogP contribution in [0.4, 0.5) is 0 Å². The van der Waals surface area contributed by atoms with Gasteiger partial charge in [0.25, 0.3) is 0 Å². The van der Waals surface area contributed by atoms with E-state index in [1.165, 1.54) is 11.9 Å².